The Hall–Kier alpha value is -1.91. The van der Waals surface area contributed by atoms with Crippen LogP contribution in [-0.4, -0.2) is 23.5 Å². The molecule has 0 heterocycles. The first-order valence-electron chi connectivity index (χ1n) is 6.49. The number of rotatable bonds is 6. The molecule has 1 amide bonds. The minimum atomic E-state index is -0.885. The van der Waals surface area contributed by atoms with Crippen LogP contribution in [0.25, 0.3) is 0 Å². The molecule has 0 aromatic heterocycles. The molecular weight excluding hydrogens is 261 g/mol. The Balaban J connectivity index is 2.65. The molecule has 0 aliphatic heterocycles. The molecule has 0 fully saturated rings. The molecule has 2 N–H and O–H groups in total. The summed E-state index contributed by atoms with van der Waals surface area (Å²) in [6, 6.07) is 5.79. The molecule has 0 radical (unpaired) electrons. The molecule has 1 aromatic rings. The number of benzene rings is 1. The zero-order chi connectivity index (χ0) is 15.3. The van der Waals surface area contributed by atoms with Gasteiger partial charge in [-0.15, -0.1) is 0 Å². The number of hydrogen-bond acceptors (Lipinski definition) is 2. The Labute approximate surface area is 118 Å². The van der Waals surface area contributed by atoms with E-state index in [-0.39, 0.29) is 24.1 Å². The second-order valence-electron chi connectivity index (χ2n) is 5.54. The van der Waals surface area contributed by atoms with E-state index in [1.807, 2.05) is 0 Å². The van der Waals surface area contributed by atoms with E-state index in [0.717, 1.165) is 0 Å². The van der Waals surface area contributed by atoms with Gasteiger partial charge >= 0.3 is 5.97 Å². The molecule has 0 saturated carbocycles. The summed E-state index contributed by atoms with van der Waals surface area (Å²) in [6.07, 6.45) is 0.0112. The van der Waals surface area contributed by atoms with Crippen molar-refractivity contribution in [1.29, 1.82) is 0 Å². The Morgan fingerprint density at radius 2 is 1.85 bits per heavy atom. The smallest absolute Gasteiger partial charge is 0.303 e. The molecule has 4 nitrogen and oxygen atoms in total. The number of hydrogen-bond donors (Lipinski definition) is 2. The number of carboxylic acid groups (broad SMARTS) is 1. The van der Waals surface area contributed by atoms with Gasteiger partial charge in [-0.2, -0.15) is 0 Å². The predicted octanol–water partition coefficient (Wildman–Crippen LogP) is 2.33. The minimum absolute atomic E-state index is 0.0112. The monoisotopic (exact) mass is 281 g/mol. The summed E-state index contributed by atoms with van der Waals surface area (Å²) < 4.78 is 12.9. The second-order valence-corrected chi connectivity index (χ2v) is 5.54. The predicted molar refractivity (Wildman–Crippen MR) is 73.9 cm³/mol. The third kappa shape index (κ3) is 4.33. The Kier molecular flexibility index (Phi) is 5.25. The molecule has 1 atom stereocenters. The van der Waals surface area contributed by atoms with Crippen molar-refractivity contribution < 1.29 is 19.1 Å². The summed E-state index contributed by atoms with van der Waals surface area (Å²) in [6.45, 7) is 5.56. The van der Waals surface area contributed by atoms with E-state index in [1.54, 1.807) is 32.9 Å². The summed E-state index contributed by atoms with van der Waals surface area (Å²) in [5.74, 6) is -1.58. The molecule has 1 rings (SSSR count). The summed E-state index contributed by atoms with van der Waals surface area (Å²) in [5, 5.41) is 11.4. The fourth-order valence-electron chi connectivity index (χ4n) is 1.86. The van der Waals surface area contributed by atoms with E-state index in [0.29, 0.717) is 12.1 Å². The second kappa shape index (κ2) is 6.50. The lowest BCUT2D eigenvalue weighted by molar-refractivity contribution is -0.138. The number of carbonyl (C=O) groups excluding carboxylic acids is 1. The van der Waals surface area contributed by atoms with Crippen LogP contribution in [0.5, 0.6) is 0 Å². The minimum Gasteiger partial charge on any atom is -0.481 e. The van der Waals surface area contributed by atoms with E-state index in [1.165, 1.54) is 12.1 Å². The summed E-state index contributed by atoms with van der Waals surface area (Å²) in [7, 11) is 0. The molecule has 0 aliphatic rings. The van der Waals surface area contributed by atoms with Crippen molar-refractivity contribution in [3.63, 3.8) is 0 Å². The highest BCUT2D eigenvalue weighted by Gasteiger charge is 2.29. The van der Waals surface area contributed by atoms with Gasteiger partial charge in [0.05, 0.1) is 5.41 Å². The van der Waals surface area contributed by atoms with Crippen molar-refractivity contribution in [2.45, 2.75) is 32.6 Å². The molecule has 0 bridgehead atoms. The van der Waals surface area contributed by atoms with Gasteiger partial charge in [0.15, 0.2) is 0 Å². The average Bonchev–Trinajstić information content (AvgIpc) is 2.35. The Bertz CT molecular complexity index is 482. The van der Waals surface area contributed by atoms with Crippen LogP contribution in [-0.2, 0) is 15.0 Å². The third-order valence-corrected chi connectivity index (χ3v) is 3.27. The number of aliphatic carboxylic acids is 1. The highest BCUT2D eigenvalue weighted by atomic mass is 19.1. The number of carboxylic acids is 1. The maximum Gasteiger partial charge on any atom is 0.303 e. The van der Waals surface area contributed by atoms with Gasteiger partial charge in [-0.25, -0.2) is 4.39 Å². The van der Waals surface area contributed by atoms with Crippen molar-refractivity contribution >= 4 is 11.9 Å². The average molecular weight is 281 g/mol. The summed E-state index contributed by atoms with van der Waals surface area (Å²) in [5.41, 5.74) is -0.0845. The molecule has 0 spiro atoms. The first-order valence-corrected chi connectivity index (χ1v) is 6.49. The third-order valence-electron chi connectivity index (χ3n) is 3.27. The maximum absolute atomic E-state index is 12.9. The Morgan fingerprint density at radius 3 is 2.35 bits per heavy atom. The SMILES string of the molecule is CC(CNC(=O)C(C)(C)c1ccc(F)cc1)CC(=O)O. The molecular formula is C15H20FNO3. The number of halogens is 1. The van der Waals surface area contributed by atoms with Crippen LogP contribution in [0.1, 0.15) is 32.8 Å². The van der Waals surface area contributed by atoms with E-state index < -0.39 is 11.4 Å². The molecule has 20 heavy (non-hydrogen) atoms. The van der Waals surface area contributed by atoms with Gasteiger partial charge in [0.25, 0.3) is 0 Å². The number of carbonyl (C=O) groups is 2. The van der Waals surface area contributed by atoms with Crippen LogP contribution in [0.3, 0.4) is 0 Å². The number of nitrogens with one attached hydrogen (secondary N) is 1. The summed E-state index contributed by atoms with van der Waals surface area (Å²) in [4.78, 5) is 22.7. The standard InChI is InChI=1S/C15H20FNO3/c1-10(8-13(18)19)9-17-14(20)15(2,3)11-4-6-12(16)7-5-11/h4-7,10H,8-9H2,1-3H3,(H,17,20)(H,18,19). The lowest BCUT2D eigenvalue weighted by atomic mass is 9.83. The molecule has 1 unspecified atom stereocenters. The fourth-order valence-corrected chi connectivity index (χ4v) is 1.86. The number of amides is 1. The van der Waals surface area contributed by atoms with E-state index in [4.69, 9.17) is 5.11 Å². The Morgan fingerprint density at radius 1 is 1.30 bits per heavy atom. The van der Waals surface area contributed by atoms with E-state index >= 15 is 0 Å². The lowest BCUT2D eigenvalue weighted by Gasteiger charge is -2.25. The molecule has 0 aliphatic carbocycles. The largest absolute Gasteiger partial charge is 0.481 e. The van der Waals surface area contributed by atoms with Crippen LogP contribution >= 0.6 is 0 Å². The van der Waals surface area contributed by atoms with Crippen LogP contribution in [0.15, 0.2) is 24.3 Å². The van der Waals surface area contributed by atoms with Crippen LogP contribution in [0.2, 0.25) is 0 Å². The quantitative estimate of drug-likeness (QED) is 0.841. The molecule has 110 valence electrons. The molecule has 1 aromatic carbocycles. The van der Waals surface area contributed by atoms with Crippen molar-refractivity contribution in [3.05, 3.63) is 35.6 Å². The van der Waals surface area contributed by atoms with Gasteiger partial charge in [-0.05, 0) is 37.5 Å². The van der Waals surface area contributed by atoms with Crippen LogP contribution in [0.4, 0.5) is 4.39 Å². The fraction of sp³-hybridized carbons (Fsp3) is 0.467. The first kappa shape index (κ1) is 16.1. The van der Waals surface area contributed by atoms with Gasteiger partial charge < -0.3 is 10.4 Å². The van der Waals surface area contributed by atoms with Gasteiger partial charge in [-0.3, -0.25) is 9.59 Å². The maximum atomic E-state index is 12.9. The molecule has 5 heteroatoms. The first-order chi connectivity index (χ1) is 9.23. The van der Waals surface area contributed by atoms with Crippen molar-refractivity contribution in [1.82, 2.24) is 5.32 Å². The normalized spacial score (nSPS) is 12.8. The molecule has 0 saturated heterocycles. The lowest BCUT2D eigenvalue weighted by Crippen LogP contribution is -2.42. The van der Waals surface area contributed by atoms with Gasteiger partial charge in [0.2, 0.25) is 5.91 Å². The van der Waals surface area contributed by atoms with Gasteiger partial charge in [0, 0.05) is 13.0 Å². The topological polar surface area (TPSA) is 66.4 Å². The van der Waals surface area contributed by atoms with E-state index in [2.05, 4.69) is 5.32 Å². The van der Waals surface area contributed by atoms with Crippen LogP contribution < -0.4 is 5.32 Å². The van der Waals surface area contributed by atoms with Crippen molar-refractivity contribution in [2.24, 2.45) is 5.92 Å². The highest BCUT2D eigenvalue weighted by molar-refractivity contribution is 5.87. The van der Waals surface area contributed by atoms with Gasteiger partial charge in [0.1, 0.15) is 5.82 Å². The zero-order valence-electron chi connectivity index (χ0n) is 11.9. The van der Waals surface area contributed by atoms with E-state index in [9.17, 15) is 14.0 Å². The summed E-state index contributed by atoms with van der Waals surface area (Å²) >= 11 is 0. The van der Waals surface area contributed by atoms with Crippen molar-refractivity contribution in [2.75, 3.05) is 6.54 Å². The van der Waals surface area contributed by atoms with Crippen LogP contribution in [0, 0.1) is 11.7 Å². The van der Waals surface area contributed by atoms with Gasteiger partial charge in [-0.1, -0.05) is 19.1 Å². The van der Waals surface area contributed by atoms with Crippen molar-refractivity contribution in [3.8, 4) is 0 Å². The highest BCUT2D eigenvalue weighted by Crippen LogP contribution is 2.23. The zero-order valence-corrected chi connectivity index (χ0v) is 11.9.